The Hall–Kier alpha value is -3.19. The van der Waals surface area contributed by atoms with E-state index in [1.54, 1.807) is 20.3 Å². The van der Waals surface area contributed by atoms with E-state index in [2.05, 4.69) is 25.2 Å². The second kappa shape index (κ2) is 8.89. The molecule has 0 spiro atoms. The quantitative estimate of drug-likeness (QED) is 0.558. The molecule has 2 heterocycles. The Morgan fingerprint density at radius 3 is 2.71 bits per heavy atom. The number of nitrogens with zero attached hydrogens (tertiary/aromatic N) is 2. The van der Waals surface area contributed by atoms with E-state index in [1.807, 2.05) is 46.8 Å². The zero-order valence-corrected chi connectivity index (χ0v) is 18.9. The molecule has 7 heteroatoms. The highest BCUT2D eigenvalue weighted by molar-refractivity contribution is 7.98. The van der Waals surface area contributed by atoms with Crippen LogP contribution < -0.4 is 14.8 Å². The Morgan fingerprint density at radius 2 is 1.94 bits per heavy atom. The lowest BCUT2D eigenvalue weighted by molar-refractivity contribution is -0.111. The number of anilines is 1. The zero-order valence-electron chi connectivity index (χ0n) is 18.1. The molecule has 1 amide bonds. The van der Waals surface area contributed by atoms with Crippen LogP contribution in [0.1, 0.15) is 27.9 Å². The van der Waals surface area contributed by atoms with E-state index in [0.29, 0.717) is 11.5 Å². The fourth-order valence-electron chi connectivity index (χ4n) is 3.57. The third-order valence-corrected chi connectivity index (χ3v) is 6.40. The molecule has 1 aliphatic heterocycles. The predicted octanol–water partition coefficient (Wildman–Crippen LogP) is 4.91. The van der Waals surface area contributed by atoms with Gasteiger partial charge in [0.25, 0.3) is 0 Å². The number of hydrogen-bond donors (Lipinski definition) is 1. The lowest BCUT2D eigenvalue weighted by Crippen LogP contribution is -2.14. The van der Waals surface area contributed by atoms with Crippen molar-refractivity contribution in [2.45, 2.75) is 25.4 Å². The summed E-state index contributed by atoms with van der Waals surface area (Å²) >= 11 is 1.81. The van der Waals surface area contributed by atoms with E-state index in [4.69, 9.17) is 14.6 Å². The molecule has 0 radical (unpaired) electrons. The molecule has 0 fully saturated rings. The van der Waals surface area contributed by atoms with Crippen LogP contribution in [0, 0.1) is 13.8 Å². The van der Waals surface area contributed by atoms with Gasteiger partial charge in [0.15, 0.2) is 11.5 Å². The highest BCUT2D eigenvalue weighted by Gasteiger charge is 2.25. The Bertz CT molecular complexity index is 1170. The topological polar surface area (TPSA) is 65.4 Å². The fraction of sp³-hybridized carbons (Fsp3) is 0.250. The number of methoxy groups -OCH3 is 2. The standard InChI is InChI=1S/C24H25N3O3S/c1-15-6-5-7-20(16(15)2)27-24(18-13-31-14-19(18)26-27)25-23(28)11-9-17-8-10-21(29-3)22(12-17)30-4/h5-12H,13-14H2,1-4H3,(H,25,28)/b11-9-. The molecule has 4 rings (SSSR count). The van der Waals surface area contributed by atoms with E-state index in [-0.39, 0.29) is 5.91 Å². The monoisotopic (exact) mass is 435 g/mol. The third kappa shape index (κ3) is 4.18. The first-order chi connectivity index (χ1) is 15.0. The van der Waals surface area contributed by atoms with E-state index in [9.17, 15) is 4.79 Å². The van der Waals surface area contributed by atoms with Gasteiger partial charge in [-0.2, -0.15) is 16.9 Å². The summed E-state index contributed by atoms with van der Waals surface area (Å²) in [4.78, 5) is 12.8. The molecule has 31 heavy (non-hydrogen) atoms. The van der Waals surface area contributed by atoms with Gasteiger partial charge in [-0.3, -0.25) is 4.79 Å². The molecule has 0 aliphatic carbocycles. The number of aromatic nitrogens is 2. The number of aryl methyl sites for hydroxylation is 1. The molecule has 1 aliphatic rings. The van der Waals surface area contributed by atoms with Gasteiger partial charge in [0.1, 0.15) is 5.82 Å². The van der Waals surface area contributed by atoms with Crippen molar-refractivity contribution < 1.29 is 14.3 Å². The van der Waals surface area contributed by atoms with Gasteiger partial charge < -0.3 is 14.8 Å². The predicted molar refractivity (Wildman–Crippen MR) is 125 cm³/mol. The van der Waals surface area contributed by atoms with Crippen LogP contribution in [0.2, 0.25) is 0 Å². The normalized spacial score (nSPS) is 12.8. The molecule has 0 bridgehead atoms. The molecule has 3 aromatic rings. The number of rotatable bonds is 6. The molecule has 0 atom stereocenters. The molecule has 0 saturated heterocycles. The van der Waals surface area contributed by atoms with Crippen molar-refractivity contribution in [2.75, 3.05) is 19.5 Å². The Kier molecular flexibility index (Phi) is 6.04. The van der Waals surface area contributed by atoms with Crippen molar-refractivity contribution in [1.82, 2.24) is 9.78 Å². The smallest absolute Gasteiger partial charge is 0.249 e. The number of amides is 1. The molecular weight excluding hydrogens is 410 g/mol. The van der Waals surface area contributed by atoms with Crippen molar-refractivity contribution in [3.63, 3.8) is 0 Å². The minimum absolute atomic E-state index is 0.207. The number of fused-ring (bicyclic) bond motifs is 1. The maximum absolute atomic E-state index is 12.8. The van der Waals surface area contributed by atoms with Crippen molar-refractivity contribution in [3.05, 3.63) is 70.4 Å². The molecule has 2 aromatic carbocycles. The molecule has 6 nitrogen and oxygen atoms in total. The average molecular weight is 436 g/mol. The average Bonchev–Trinajstić information content (AvgIpc) is 3.36. The first-order valence-corrected chi connectivity index (χ1v) is 11.1. The van der Waals surface area contributed by atoms with Gasteiger partial charge >= 0.3 is 0 Å². The molecular formula is C24H25N3O3S. The van der Waals surface area contributed by atoms with Crippen molar-refractivity contribution >= 4 is 29.6 Å². The lowest BCUT2D eigenvalue weighted by atomic mass is 10.1. The molecule has 0 saturated carbocycles. The van der Waals surface area contributed by atoms with Crippen LogP contribution >= 0.6 is 11.8 Å². The largest absolute Gasteiger partial charge is 0.493 e. The van der Waals surface area contributed by atoms with Gasteiger partial charge in [-0.05, 0) is 54.8 Å². The second-order valence-corrected chi connectivity index (χ2v) is 8.32. The van der Waals surface area contributed by atoms with Crippen LogP contribution in [0.3, 0.4) is 0 Å². The van der Waals surface area contributed by atoms with Crippen LogP contribution in [-0.4, -0.2) is 29.9 Å². The summed E-state index contributed by atoms with van der Waals surface area (Å²) in [7, 11) is 3.18. The highest BCUT2D eigenvalue weighted by Crippen LogP contribution is 2.37. The zero-order chi connectivity index (χ0) is 22.0. The van der Waals surface area contributed by atoms with Gasteiger partial charge in [0, 0.05) is 23.1 Å². The molecule has 1 N–H and O–H groups in total. The Labute approximate surface area is 186 Å². The lowest BCUT2D eigenvalue weighted by Gasteiger charge is -2.13. The summed E-state index contributed by atoms with van der Waals surface area (Å²) in [5.74, 6) is 3.51. The van der Waals surface area contributed by atoms with Gasteiger partial charge in [-0.1, -0.05) is 18.2 Å². The minimum atomic E-state index is -0.207. The molecule has 0 unspecified atom stereocenters. The van der Waals surface area contributed by atoms with E-state index in [1.165, 1.54) is 11.6 Å². The van der Waals surface area contributed by atoms with Crippen LogP contribution in [0.15, 0.2) is 42.5 Å². The third-order valence-electron chi connectivity index (χ3n) is 5.43. The number of ether oxygens (including phenoxy) is 2. The van der Waals surface area contributed by atoms with Gasteiger partial charge in [0.05, 0.1) is 25.6 Å². The van der Waals surface area contributed by atoms with Gasteiger partial charge in [0.2, 0.25) is 5.91 Å². The van der Waals surface area contributed by atoms with Crippen LogP contribution in [0.4, 0.5) is 5.82 Å². The van der Waals surface area contributed by atoms with Crippen LogP contribution in [0.5, 0.6) is 11.5 Å². The number of nitrogens with one attached hydrogen (secondary N) is 1. The summed E-state index contributed by atoms with van der Waals surface area (Å²) in [6.07, 6.45) is 3.28. The maximum atomic E-state index is 12.8. The summed E-state index contributed by atoms with van der Waals surface area (Å²) in [6.45, 7) is 4.16. The summed E-state index contributed by atoms with van der Waals surface area (Å²) in [5, 5.41) is 7.87. The number of benzene rings is 2. The number of hydrogen-bond acceptors (Lipinski definition) is 5. The fourth-order valence-corrected chi connectivity index (χ4v) is 4.60. The summed E-state index contributed by atoms with van der Waals surface area (Å²) < 4.78 is 12.5. The summed E-state index contributed by atoms with van der Waals surface area (Å²) in [6, 6.07) is 11.7. The molecule has 1 aromatic heterocycles. The Balaban J connectivity index is 1.62. The highest BCUT2D eigenvalue weighted by atomic mass is 32.2. The first kappa shape index (κ1) is 21.1. The van der Waals surface area contributed by atoms with Gasteiger partial charge in [-0.15, -0.1) is 0 Å². The second-order valence-electron chi connectivity index (χ2n) is 7.33. The Morgan fingerprint density at radius 1 is 1.13 bits per heavy atom. The number of thioether (sulfide) groups is 1. The van der Waals surface area contributed by atoms with E-state index >= 15 is 0 Å². The van der Waals surface area contributed by atoms with E-state index in [0.717, 1.165) is 45.4 Å². The first-order valence-electron chi connectivity index (χ1n) is 9.98. The molecule has 160 valence electrons. The summed E-state index contributed by atoms with van der Waals surface area (Å²) in [5.41, 5.74) is 6.29. The minimum Gasteiger partial charge on any atom is -0.493 e. The maximum Gasteiger partial charge on any atom is 0.249 e. The van der Waals surface area contributed by atoms with Gasteiger partial charge in [-0.25, -0.2) is 4.68 Å². The number of carbonyl (C=O) groups excluding carboxylic acids is 1. The van der Waals surface area contributed by atoms with Crippen LogP contribution in [0.25, 0.3) is 11.8 Å². The van der Waals surface area contributed by atoms with E-state index < -0.39 is 0 Å². The van der Waals surface area contributed by atoms with Crippen molar-refractivity contribution in [3.8, 4) is 17.2 Å². The van der Waals surface area contributed by atoms with Crippen LogP contribution in [-0.2, 0) is 16.3 Å². The number of carbonyl (C=O) groups is 1. The van der Waals surface area contributed by atoms with Crippen molar-refractivity contribution in [2.24, 2.45) is 0 Å². The van der Waals surface area contributed by atoms with Crippen molar-refractivity contribution in [1.29, 1.82) is 0 Å². The SMILES string of the molecule is COc1ccc(/C=C\C(=O)Nc2c3c(nn2-c2cccc(C)c2C)CSC3)cc1OC.